The van der Waals surface area contributed by atoms with E-state index in [-0.39, 0.29) is 0 Å². The minimum atomic E-state index is 0.827. The van der Waals surface area contributed by atoms with Crippen molar-refractivity contribution in [1.29, 1.82) is 0 Å². The zero-order chi connectivity index (χ0) is 7.11. The van der Waals surface area contributed by atoms with Crippen molar-refractivity contribution in [3.8, 4) is 0 Å². The molecule has 0 fully saturated rings. The van der Waals surface area contributed by atoms with Gasteiger partial charge < -0.3 is 5.73 Å². The average Bonchev–Trinajstić information content (AvgIpc) is 1.89. The number of hydrogen-bond acceptors (Lipinski definition) is 2. The van der Waals surface area contributed by atoms with Crippen molar-refractivity contribution < 1.29 is 0 Å². The second-order valence-electron chi connectivity index (χ2n) is 1.61. The molecule has 0 atom stereocenters. The highest BCUT2D eigenvalue weighted by Gasteiger charge is 1.72. The van der Waals surface area contributed by atoms with E-state index < -0.39 is 0 Å². The topological polar surface area (TPSA) is 38.4 Å². The van der Waals surface area contributed by atoms with E-state index in [2.05, 4.69) is 4.99 Å². The second kappa shape index (κ2) is 5.09. The van der Waals surface area contributed by atoms with Gasteiger partial charge >= 0.3 is 0 Å². The predicted octanol–water partition coefficient (Wildman–Crippen LogP) is 1.45. The standard InChI is InChI=1S/C7H12N2/c1-3-4-5-9-7(2)6-8/h3-6H,8H2,1-2H3/b4-3-,7-6-,9-5-. The van der Waals surface area contributed by atoms with E-state index >= 15 is 0 Å². The first-order valence-corrected chi connectivity index (χ1v) is 2.85. The summed E-state index contributed by atoms with van der Waals surface area (Å²) in [5.74, 6) is 0. The third-order valence-electron chi connectivity index (χ3n) is 0.798. The summed E-state index contributed by atoms with van der Waals surface area (Å²) < 4.78 is 0. The molecule has 9 heavy (non-hydrogen) atoms. The van der Waals surface area contributed by atoms with Crippen LogP contribution in [0.4, 0.5) is 0 Å². The van der Waals surface area contributed by atoms with Crippen LogP contribution in [-0.2, 0) is 0 Å². The fraction of sp³-hybridized carbons (Fsp3) is 0.286. The van der Waals surface area contributed by atoms with Crippen molar-refractivity contribution >= 4 is 6.21 Å². The molecule has 0 aromatic heterocycles. The van der Waals surface area contributed by atoms with Gasteiger partial charge in [-0.1, -0.05) is 6.08 Å². The van der Waals surface area contributed by atoms with Crippen LogP contribution in [0.2, 0.25) is 0 Å². The highest BCUT2D eigenvalue weighted by Crippen LogP contribution is 1.87. The van der Waals surface area contributed by atoms with Gasteiger partial charge in [-0.15, -0.1) is 0 Å². The molecule has 0 heterocycles. The van der Waals surface area contributed by atoms with Gasteiger partial charge in [0.05, 0.1) is 5.70 Å². The predicted molar refractivity (Wildman–Crippen MR) is 41.3 cm³/mol. The van der Waals surface area contributed by atoms with E-state index in [1.807, 2.05) is 26.0 Å². The van der Waals surface area contributed by atoms with Crippen molar-refractivity contribution in [1.82, 2.24) is 0 Å². The molecule has 0 unspecified atom stereocenters. The van der Waals surface area contributed by atoms with Gasteiger partial charge in [0.25, 0.3) is 0 Å². The van der Waals surface area contributed by atoms with Crippen LogP contribution < -0.4 is 5.73 Å². The van der Waals surface area contributed by atoms with E-state index in [1.165, 1.54) is 6.20 Å². The Morgan fingerprint density at radius 2 is 2.22 bits per heavy atom. The van der Waals surface area contributed by atoms with E-state index in [0.717, 1.165) is 5.70 Å². The highest BCUT2D eigenvalue weighted by atomic mass is 14.7. The van der Waals surface area contributed by atoms with Crippen LogP contribution >= 0.6 is 0 Å². The molecule has 0 aliphatic heterocycles. The van der Waals surface area contributed by atoms with Crippen LogP contribution in [-0.4, -0.2) is 6.21 Å². The average molecular weight is 124 g/mol. The van der Waals surface area contributed by atoms with Gasteiger partial charge in [0.1, 0.15) is 0 Å². The molecular formula is C7H12N2. The molecular weight excluding hydrogens is 112 g/mol. The minimum Gasteiger partial charge on any atom is -0.403 e. The summed E-state index contributed by atoms with van der Waals surface area (Å²) in [6, 6.07) is 0. The van der Waals surface area contributed by atoms with Crippen LogP contribution in [0.1, 0.15) is 13.8 Å². The van der Waals surface area contributed by atoms with Crippen LogP contribution in [0.25, 0.3) is 0 Å². The molecule has 0 radical (unpaired) electrons. The summed E-state index contributed by atoms with van der Waals surface area (Å²) in [6.45, 7) is 3.79. The fourth-order valence-electron chi connectivity index (χ4n) is 0.290. The normalized spacial score (nSPS) is 13.8. The zero-order valence-corrected chi connectivity index (χ0v) is 5.83. The van der Waals surface area contributed by atoms with E-state index in [1.54, 1.807) is 6.21 Å². The van der Waals surface area contributed by atoms with Gasteiger partial charge in [0.2, 0.25) is 0 Å². The number of rotatable bonds is 2. The Hall–Kier alpha value is -1.05. The van der Waals surface area contributed by atoms with Crippen molar-refractivity contribution in [3.63, 3.8) is 0 Å². The van der Waals surface area contributed by atoms with Gasteiger partial charge in [-0.2, -0.15) is 0 Å². The fourth-order valence-corrected chi connectivity index (χ4v) is 0.290. The molecule has 0 bridgehead atoms. The van der Waals surface area contributed by atoms with Gasteiger partial charge in [-0.3, -0.25) is 4.99 Å². The monoisotopic (exact) mass is 124 g/mol. The van der Waals surface area contributed by atoms with Crippen molar-refractivity contribution in [3.05, 3.63) is 24.0 Å². The number of allylic oxidation sites excluding steroid dienone is 3. The lowest BCUT2D eigenvalue weighted by molar-refractivity contribution is 1.28. The molecule has 0 saturated heterocycles. The van der Waals surface area contributed by atoms with E-state index in [0.29, 0.717) is 0 Å². The smallest absolute Gasteiger partial charge is 0.0526 e. The minimum absolute atomic E-state index is 0.827. The maximum Gasteiger partial charge on any atom is 0.0526 e. The maximum absolute atomic E-state index is 5.15. The summed E-state index contributed by atoms with van der Waals surface area (Å²) in [7, 11) is 0. The first-order chi connectivity index (χ1) is 4.31. The van der Waals surface area contributed by atoms with E-state index in [9.17, 15) is 0 Å². The molecule has 2 N–H and O–H groups in total. The lowest BCUT2D eigenvalue weighted by atomic mass is 10.5. The Kier molecular flexibility index (Phi) is 4.50. The lowest BCUT2D eigenvalue weighted by Gasteiger charge is -1.83. The first kappa shape index (κ1) is 7.95. The Balaban J connectivity index is 3.71. The summed E-state index contributed by atoms with van der Waals surface area (Å²) >= 11 is 0. The molecule has 0 aromatic carbocycles. The zero-order valence-electron chi connectivity index (χ0n) is 5.83. The molecule has 0 aliphatic carbocycles. The molecule has 0 spiro atoms. The molecule has 0 amide bonds. The lowest BCUT2D eigenvalue weighted by Crippen LogP contribution is -1.80. The molecule has 0 aromatic rings. The Labute approximate surface area is 55.8 Å². The van der Waals surface area contributed by atoms with Crippen molar-refractivity contribution in [2.24, 2.45) is 10.7 Å². The van der Waals surface area contributed by atoms with Crippen LogP contribution in [0.3, 0.4) is 0 Å². The summed E-state index contributed by atoms with van der Waals surface area (Å²) in [5, 5.41) is 0. The van der Waals surface area contributed by atoms with E-state index in [4.69, 9.17) is 5.73 Å². The number of aliphatic imine (C=N–C) groups is 1. The largest absolute Gasteiger partial charge is 0.403 e. The Morgan fingerprint density at radius 3 is 2.67 bits per heavy atom. The second-order valence-corrected chi connectivity index (χ2v) is 1.61. The third-order valence-corrected chi connectivity index (χ3v) is 0.798. The van der Waals surface area contributed by atoms with Gasteiger partial charge in [0, 0.05) is 12.4 Å². The molecule has 2 heteroatoms. The summed E-state index contributed by atoms with van der Waals surface area (Å²) in [5.41, 5.74) is 5.98. The summed E-state index contributed by atoms with van der Waals surface area (Å²) in [6.07, 6.45) is 6.94. The molecule has 0 rings (SSSR count). The maximum atomic E-state index is 5.15. The Morgan fingerprint density at radius 1 is 1.56 bits per heavy atom. The van der Waals surface area contributed by atoms with Crippen LogP contribution in [0.5, 0.6) is 0 Å². The van der Waals surface area contributed by atoms with Crippen LogP contribution in [0.15, 0.2) is 29.0 Å². The molecule has 0 aliphatic rings. The summed E-state index contributed by atoms with van der Waals surface area (Å²) in [4.78, 5) is 3.96. The highest BCUT2D eigenvalue weighted by molar-refractivity contribution is 5.71. The van der Waals surface area contributed by atoms with Crippen molar-refractivity contribution in [2.75, 3.05) is 0 Å². The molecule has 2 nitrogen and oxygen atoms in total. The van der Waals surface area contributed by atoms with Crippen LogP contribution in [0, 0.1) is 0 Å². The molecule has 0 saturated carbocycles. The van der Waals surface area contributed by atoms with Gasteiger partial charge in [0.15, 0.2) is 0 Å². The van der Waals surface area contributed by atoms with Gasteiger partial charge in [-0.25, -0.2) is 0 Å². The van der Waals surface area contributed by atoms with Crippen molar-refractivity contribution in [2.45, 2.75) is 13.8 Å². The quantitative estimate of drug-likeness (QED) is 0.556. The number of hydrogen-bond donors (Lipinski definition) is 1. The SMILES string of the molecule is C\C=C/C=N\C(C)=C/N. The Bertz CT molecular complexity index is 143. The first-order valence-electron chi connectivity index (χ1n) is 2.85. The number of nitrogens with zero attached hydrogens (tertiary/aromatic N) is 1. The molecule has 50 valence electrons. The third kappa shape index (κ3) is 4.81. The van der Waals surface area contributed by atoms with Gasteiger partial charge in [-0.05, 0) is 19.9 Å². The number of nitrogens with two attached hydrogens (primary N) is 1.